The normalized spacial score (nSPS) is 14.4. The Labute approximate surface area is 131 Å². The van der Waals surface area contributed by atoms with Crippen molar-refractivity contribution in [2.45, 2.75) is 26.7 Å². The number of ether oxygens (including phenoxy) is 1. The molecule has 6 nitrogen and oxygen atoms in total. The van der Waals surface area contributed by atoms with E-state index >= 15 is 0 Å². The molecule has 1 aliphatic rings. The largest absolute Gasteiger partial charge is 0.481 e. The maximum Gasteiger partial charge on any atom is 0.234 e. The summed E-state index contributed by atoms with van der Waals surface area (Å²) in [5, 5.41) is 6.70. The van der Waals surface area contributed by atoms with E-state index in [4.69, 9.17) is 17.0 Å². The molecule has 1 aromatic rings. The third-order valence-electron chi connectivity index (χ3n) is 3.22. The lowest BCUT2D eigenvalue weighted by Crippen LogP contribution is -2.32. The van der Waals surface area contributed by atoms with Gasteiger partial charge in [-0.3, -0.25) is 0 Å². The molecular weight excluding hydrogens is 286 g/mol. The molecule has 0 amide bonds. The summed E-state index contributed by atoms with van der Waals surface area (Å²) in [5.41, 5.74) is 0. The molecule has 7 heteroatoms. The van der Waals surface area contributed by atoms with Crippen molar-refractivity contribution in [3.8, 4) is 5.88 Å². The Morgan fingerprint density at radius 3 is 2.71 bits per heavy atom. The van der Waals surface area contributed by atoms with Gasteiger partial charge in [0.2, 0.25) is 11.8 Å². The van der Waals surface area contributed by atoms with E-state index in [1.165, 1.54) is 12.8 Å². The Morgan fingerprint density at radius 1 is 1.38 bits per heavy atom. The van der Waals surface area contributed by atoms with Gasteiger partial charge >= 0.3 is 0 Å². The van der Waals surface area contributed by atoms with Gasteiger partial charge in [-0.2, -0.15) is 9.97 Å². The smallest absolute Gasteiger partial charge is 0.234 e. The fraction of sp³-hybridized carbons (Fsp3) is 0.643. The molecule has 0 radical (unpaired) electrons. The number of hydrogen-bond donors (Lipinski definition) is 2. The molecular formula is C14H23N5OS. The second kappa shape index (κ2) is 7.40. The minimum absolute atomic E-state index is 0.470. The van der Waals surface area contributed by atoms with Crippen molar-refractivity contribution >= 4 is 29.1 Å². The molecule has 2 rings (SSSR count). The van der Waals surface area contributed by atoms with Crippen LogP contribution in [0.15, 0.2) is 6.07 Å². The zero-order valence-corrected chi connectivity index (χ0v) is 13.7. The van der Waals surface area contributed by atoms with E-state index in [2.05, 4.69) is 39.3 Å². The average Bonchev–Trinajstić information content (AvgIpc) is 2.99. The number of nitrogens with one attached hydrogen (secondary N) is 2. The average molecular weight is 309 g/mol. The first-order valence-corrected chi connectivity index (χ1v) is 7.72. The Balaban J connectivity index is 2.07. The first-order valence-electron chi connectivity index (χ1n) is 7.31. The number of aromatic nitrogens is 2. The lowest BCUT2D eigenvalue weighted by atomic mass is 10.2. The predicted molar refractivity (Wildman–Crippen MR) is 89.1 cm³/mol. The fourth-order valence-electron chi connectivity index (χ4n) is 2.12. The van der Waals surface area contributed by atoms with Crippen LogP contribution in [0.4, 0.5) is 11.8 Å². The van der Waals surface area contributed by atoms with E-state index in [1.807, 2.05) is 6.07 Å². The van der Waals surface area contributed by atoms with E-state index in [1.54, 1.807) is 7.11 Å². The molecule has 2 heterocycles. The van der Waals surface area contributed by atoms with Gasteiger partial charge in [0, 0.05) is 25.7 Å². The van der Waals surface area contributed by atoms with Crippen LogP contribution in [0, 0.1) is 5.92 Å². The van der Waals surface area contributed by atoms with Gasteiger partial charge in [-0.15, -0.1) is 0 Å². The molecule has 1 saturated heterocycles. The van der Waals surface area contributed by atoms with Crippen molar-refractivity contribution < 1.29 is 4.74 Å². The molecule has 0 aromatic carbocycles. The van der Waals surface area contributed by atoms with Crippen molar-refractivity contribution in [2.24, 2.45) is 5.92 Å². The quantitative estimate of drug-likeness (QED) is 0.807. The van der Waals surface area contributed by atoms with Crippen molar-refractivity contribution in [1.29, 1.82) is 0 Å². The Bertz CT molecular complexity index is 488. The first-order chi connectivity index (χ1) is 10.1. The molecule has 21 heavy (non-hydrogen) atoms. The van der Waals surface area contributed by atoms with E-state index < -0.39 is 0 Å². The molecule has 0 spiro atoms. The molecule has 0 aliphatic carbocycles. The number of hydrogen-bond acceptors (Lipinski definition) is 5. The summed E-state index contributed by atoms with van der Waals surface area (Å²) in [7, 11) is 1.61. The third kappa shape index (κ3) is 4.70. The molecule has 1 fully saturated rings. The topological polar surface area (TPSA) is 62.3 Å². The highest BCUT2D eigenvalue weighted by Crippen LogP contribution is 2.23. The maximum absolute atomic E-state index is 5.26. The number of anilines is 2. The van der Waals surface area contributed by atoms with Crippen LogP contribution < -0.4 is 20.3 Å². The highest BCUT2D eigenvalue weighted by Gasteiger charge is 2.16. The molecule has 1 aliphatic heterocycles. The van der Waals surface area contributed by atoms with Crippen molar-refractivity contribution in [3.63, 3.8) is 0 Å². The summed E-state index contributed by atoms with van der Waals surface area (Å²) in [6.45, 7) is 7.12. The minimum atomic E-state index is 0.470. The highest BCUT2D eigenvalue weighted by molar-refractivity contribution is 7.80. The lowest BCUT2D eigenvalue weighted by molar-refractivity contribution is 0.397. The summed E-state index contributed by atoms with van der Waals surface area (Å²) >= 11 is 5.26. The molecule has 116 valence electrons. The third-order valence-corrected chi connectivity index (χ3v) is 3.47. The minimum Gasteiger partial charge on any atom is -0.481 e. The molecule has 0 saturated carbocycles. The van der Waals surface area contributed by atoms with Crippen LogP contribution in [0.2, 0.25) is 0 Å². The number of thiocarbonyl (C=S) groups is 1. The fourth-order valence-corrected chi connectivity index (χ4v) is 2.30. The summed E-state index contributed by atoms with van der Waals surface area (Å²) in [6.07, 6.45) is 2.40. The van der Waals surface area contributed by atoms with Crippen molar-refractivity contribution in [3.05, 3.63) is 6.07 Å². The standard InChI is InChI=1S/C14H23N5OS/c1-10(2)9-15-14(21)18-13-16-11(8-12(17-13)20-3)19-6-4-5-7-19/h8,10H,4-7,9H2,1-3H3,(H2,15,16,17,18,21). The highest BCUT2D eigenvalue weighted by atomic mass is 32.1. The van der Waals surface area contributed by atoms with Crippen molar-refractivity contribution in [1.82, 2.24) is 15.3 Å². The SMILES string of the molecule is COc1cc(N2CCCC2)nc(NC(=S)NCC(C)C)n1. The Morgan fingerprint density at radius 2 is 2.10 bits per heavy atom. The molecule has 0 atom stereocenters. The van der Waals surface area contributed by atoms with Crippen LogP contribution in [-0.2, 0) is 0 Å². The van der Waals surface area contributed by atoms with Gasteiger partial charge in [0.15, 0.2) is 5.11 Å². The second-order valence-corrected chi connectivity index (χ2v) is 5.92. The van der Waals surface area contributed by atoms with Crippen LogP contribution in [0.1, 0.15) is 26.7 Å². The van der Waals surface area contributed by atoms with Crippen LogP contribution in [0.5, 0.6) is 5.88 Å². The van der Waals surface area contributed by atoms with Crippen LogP contribution in [-0.4, -0.2) is 41.8 Å². The van der Waals surface area contributed by atoms with Crippen molar-refractivity contribution in [2.75, 3.05) is 37.0 Å². The van der Waals surface area contributed by atoms with Gasteiger partial charge in [-0.05, 0) is 31.0 Å². The van der Waals surface area contributed by atoms with E-state index in [0.717, 1.165) is 25.5 Å². The van der Waals surface area contributed by atoms with Crippen LogP contribution >= 0.6 is 12.2 Å². The van der Waals surface area contributed by atoms with E-state index in [-0.39, 0.29) is 0 Å². The van der Waals surface area contributed by atoms with Gasteiger partial charge in [-0.25, -0.2) is 0 Å². The summed E-state index contributed by atoms with van der Waals surface area (Å²) < 4.78 is 5.25. The molecule has 0 bridgehead atoms. The van der Waals surface area contributed by atoms with E-state index in [0.29, 0.717) is 22.9 Å². The summed E-state index contributed by atoms with van der Waals surface area (Å²) in [4.78, 5) is 11.1. The number of rotatable bonds is 5. The number of nitrogens with zero attached hydrogens (tertiary/aromatic N) is 3. The molecule has 1 aromatic heterocycles. The predicted octanol–water partition coefficient (Wildman–Crippen LogP) is 2.03. The maximum atomic E-state index is 5.26. The molecule has 0 unspecified atom stereocenters. The number of methoxy groups -OCH3 is 1. The Hall–Kier alpha value is -1.63. The zero-order valence-electron chi connectivity index (χ0n) is 12.8. The first kappa shape index (κ1) is 15.8. The van der Waals surface area contributed by atoms with Crippen LogP contribution in [0.3, 0.4) is 0 Å². The van der Waals surface area contributed by atoms with Gasteiger partial charge in [-0.1, -0.05) is 13.8 Å². The van der Waals surface area contributed by atoms with E-state index in [9.17, 15) is 0 Å². The zero-order chi connectivity index (χ0) is 15.2. The van der Waals surface area contributed by atoms with Gasteiger partial charge in [0.25, 0.3) is 0 Å². The van der Waals surface area contributed by atoms with Crippen LogP contribution in [0.25, 0.3) is 0 Å². The molecule has 2 N–H and O–H groups in total. The van der Waals surface area contributed by atoms with Gasteiger partial charge < -0.3 is 20.3 Å². The second-order valence-electron chi connectivity index (χ2n) is 5.52. The summed E-state index contributed by atoms with van der Waals surface area (Å²) in [5.74, 6) is 2.42. The Kier molecular flexibility index (Phi) is 5.55. The van der Waals surface area contributed by atoms with Gasteiger partial charge in [0.1, 0.15) is 5.82 Å². The summed E-state index contributed by atoms with van der Waals surface area (Å²) in [6, 6.07) is 1.86. The van der Waals surface area contributed by atoms with Gasteiger partial charge in [0.05, 0.1) is 7.11 Å². The lowest BCUT2D eigenvalue weighted by Gasteiger charge is -2.18. The monoisotopic (exact) mass is 309 g/mol.